The van der Waals surface area contributed by atoms with Gasteiger partial charge in [-0.1, -0.05) is 12.1 Å². The predicted octanol–water partition coefficient (Wildman–Crippen LogP) is 0.454. The topological polar surface area (TPSA) is 122 Å². The molecular weight excluding hydrogens is 348 g/mol. The Hall–Kier alpha value is -2.58. The quantitative estimate of drug-likeness (QED) is 0.511. The number of carbonyl (C=O) groups excluding carboxylic acids is 4. The zero-order valence-electron chi connectivity index (χ0n) is 15.7. The summed E-state index contributed by atoms with van der Waals surface area (Å²) in [5, 5.41) is 5.33. The molecule has 0 radical (unpaired) electrons. The molecule has 0 aliphatic heterocycles. The van der Waals surface area contributed by atoms with Crippen LogP contribution in [0.3, 0.4) is 0 Å². The fourth-order valence-corrected chi connectivity index (χ4v) is 2.78. The third kappa shape index (κ3) is 5.21. The maximum absolute atomic E-state index is 12.3. The van der Waals surface area contributed by atoms with Crippen LogP contribution < -0.4 is 16.4 Å². The smallest absolute Gasteiger partial charge is 0.244 e. The predicted molar refractivity (Wildman–Crippen MR) is 101 cm³/mol. The Bertz CT molecular complexity index is 730. The van der Waals surface area contributed by atoms with Gasteiger partial charge in [0.25, 0.3) is 0 Å². The van der Waals surface area contributed by atoms with E-state index in [0.717, 1.165) is 6.29 Å². The molecule has 1 aromatic rings. The Balaban J connectivity index is 2.17. The van der Waals surface area contributed by atoms with Crippen molar-refractivity contribution in [2.45, 2.75) is 43.8 Å². The number of nitrogens with zero attached hydrogens (tertiary/aromatic N) is 1. The Morgan fingerprint density at radius 3 is 2.59 bits per heavy atom. The van der Waals surface area contributed by atoms with Gasteiger partial charge in [-0.15, -0.1) is 0 Å². The second kappa shape index (κ2) is 8.88. The van der Waals surface area contributed by atoms with Crippen molar-refractivity contribution in [1.82, 2.24) is 10.2 Å². The van der Waals surface area contributed by atoms with Gasteiger partial charge in [-0.2, -0.15) is 0 Å². The first-order chi connectivity index (χ1) is 12.8. The molecule has 1 fully saturated rings. The van der Waals surface area contributed by atoms with Gasteiger partial charge in [-0.25, -0.2) is 0 Å². The van der Waals surface area contributed by atoms with Crippen molar-refractivity contribution in [2.24, 2.45) is 5.73 Å². The molecule has 8 nitrogen and oxygen atoms in total. The van der Waals surface area contributed by atoms with Crippen LogP contribution in [0.15, 0.2) is 18.2 Å². The van der Waals surface area contributed by atoms with Gasteiger partial charge in [-0.3, -0.25) is 19.3 Å². The van der Waals surface area contributed by atoms with Crippen molar-refractivity contribution < 1.29 is 19.2 Å². The largest absolute Gasteiger partial charge is 0.359 e. The van der Waals surface area contributed by atoms with Crippen molar-refractivity contribution >= 4 is 30.1 Å². The third-order valence-corrected chi connectivity index (χ3v) is 4.91. The summed E-state index contributed by atoms with van der Waals surface area (Å²) in [6, 6.07) is 4.55. The molecule has 1 saturated carbocycles. The zero-order valence-corrected chi connectivity index (χ0v) is 15.7. The molecule has 1 aliphatic carbocycles. The van der Waals surface area contributed by atoms with Crippen LogP contribution in [0, 0.1) is 0 Å². The summed E-state index contributed by atoms with van der Waals surface area (Å²) < 4.78 is 0. The number of benzene rings is 1. The molecule has 2 amide bonds. The van der Waals surface area contributed by atoms with Gasteiger partial charge >= 0.3 is 0 Å². The van der Waals surface area contributed by atoms with E-state index < -0.39 is 11.6 Å². The minimum Gasteiger partial charge on any atom is -0.359 e. The van der Waals surface area contributed by atoms with E-state index in [1.165, 1.54) is 0 Å². The van der Waals surface area contributed by atoms with E-state index in [4.69, 9.17) is 5.73 Å². The number of nitrogens with one attached hydrogen (secondary N) is 2. The minimum atomic E-state index is -0.834. The van der Waals surface area contributed by atoms with E-state index in [1.54, 1.807) is 37.2 Å². The summed E-state index contributed by atoms with van der Waals surface area (Å²) >= 11 is 0. The number of rotatable bonds is 10. The number of likely N-dealkylation sites (N-methyl/N-ethyl adjacent to an activating group) is 1. The maximum atomic E-state index is 12.3. The minimum absolute atomic E-state index is 0.144. The molecule has 1 aliphatic rings. The van der Waals surface area contributed by atoms with Gasteiger partial charge in [0.2, 0.25) is 11.8 Å². The number of nitrogens with two attached hydrogens (primary N) is 1. The Kier molecular flexibility index (Phi) is 6.81. The van der Waals surface area contributed by atoms with E-state index in [1.807, 2.05) is 0 Å². The average molecular weight is 374 g/mol. The molecule has 0 spiro atoms. The zero-order chi connectivity index (χ0) is 20.0. The lowest BCUT2D eigenvalue weighted by Crippen LogP contribution is -2.38. The lowest BCUT2D eigenvalue weighted by molar-refractivity contribution is -0.121. The van der Waals surface area contributed by atoms with E-state index in [0.29, 0.717) is 42.4 Å². The normalized spacial score (nSPS) is 15.7. The molecule has 4 N–H and O–H groups in total. The summed E-state index contributed by atoms with van der Waals surface area (Å²) in [6.45, 7) is 0.263. The lowest BCUT2D eigenvalue weighted by atomic mass is 10.0. The molecule has 8 heteroatoms. The molecule has 27 heavy (non-hydrogen) atoms. The van der Waals surface area contributed by atoms with Crippen LogP contribution >= 0.6 is 0 Å². The highest BCUT2D eigenvalue weighted by Crippen LogP contribution is 2.34. The van der Waals surface area contributed by atoms with Gasteiger partial charge in [0, 0.05) is 36.8 Å². The number of aldehydes is 2. The van der Waals surface area contributed by atoms with Gasteiger partial charge in [0.05, 0.1) is 11.6 Å². The number of carbonyl (C=O) groups is 4. The first-order valence-corrected chi connectivity index (χ1v) is 8.88. The highest BCUT2D eigenvalue weighted by molar-refractivity contribution is 6.01. The molecule has 146 valence electrons. The van der Waals surface area contributed by atoms with Crippen LogP contribution in [-0.4, -0.2) is 55.0 Å². The van der Waals surface area contributed by atoms with E-state index in [2.05, 4.69) is 10.6 Å². The molecule has 0 aromatic heterocycles. The monoisotopic (exact) mass is 374 g/mol. The van der Waals surface area contributed by atoms with Crippen LogP contribution in [-0.2, 0) is 20.9 Å². The van der Waals surface area contributed by atoms with Crippen LogP contribution in [0.25, 0.3) is 0 Å². The molecule has 2 rings (SSSR count). The van der Waals surface area contributed by atoms with E-state index >= 15 is 0 Å². The maximum Gasteiger partial charge on any atom is 0.244 e. The van der Waals surface area contributed by atoms with Crippen molar-refractivity contribution in [3.63, 3.8) is 0 Å². The SMILES string of the molecule is CNC(=O)CCC(C=O)N(C)Cc1c(C=O)cccc1NC(=O)C1(N)CC1. The third-order valence-electron chi connectivity index (χ3n) is 4.91. The molecule has 1 unspecified atom stereocenters. The van der Waals surface area contributed by atoms with Crippen LogP contribution in [0.2, 0.25) is 0 Å². The van der Waals surface area contributed by atoms with Crippen molar-refractivity contribution in [3.8, 4) is 0 Å². The summed E-state index contributed by atoms with van der Waals surface area (Å²) in [4.78, 5) is 48.4. The summed E-state index contributed by atoms with van der Waals surface area (Å²) in [7, 11) is 3.28. The summed E-state index contributed by atoms with van der Waals surface area (Å²) in [5.74, 6) is -0.421. The van der Waals surface area contributed by atoms with Gasteiger partial charge in [0.15, 0.2) is 0 Å². The standard InChI is InChI=1S/C19H26N4O4/c1-21-17(26)7-6-14(12-25)23(2)10-15-13(11-24)4-3-5-16(15)22-18(27)19(20)8-9-19/h3-5,11-12,14H,6-10,20H2,1-2H3,(H,21,26)(H,22,27). The molecule has 1 aromatic carbocycles. The summed E-state index contributed by atoms with van der Waals surface area (Å²) in [6.07, 6.45) is 3.34. The molecule has 0 bridgehead atoms. The molecule has 1 atom stereocenters. The number of hydrogen-bond donors (Lipinski definition) is 3. The van der Waals surface area contributed by atoms with Crippen LogP contribution in [0.1, 0.15) is 41.6 Å². The number of amides is 2. The molecular formula is C19H26N4O4. The Morgan fingerprint density at radius 1 is 1.33 bits per heavy atom. The first kappa shape index (κ1) is 20.7. The Labute approximate surface area is 158 Å². The second-order valence-electron chi connectivity index (χ2n) is 6.93. The average Bonchev–Trinajstić information content (AvgIpc) is 3.42. The highest BCUT2D eigenvalue weighted by atomic mass is 16.2. The molecule has 0 saturated heterocycles. The van der Waals surface area contributed by atoms with Crippen molar-refractivity contribution in [3.05, 3.63) is 29.3 Å². The summed E-state index contributed by atoms with van der Waals surface area (Å²) in [5.41, 5.74) is 6.64. The van der Waals surface area contributed by atoms with Crippen molar-refractivity contribution in [2.75, 3.05) is 19.4 Å². The van der Waals surface area contributed by atoms with Gasteiger partial charge in [0.1, 0.15) is 12.6 Å². The molecule has 0 heterocycles. The fourth-order valence-electron chi connectivity index (χ4n) is 2.78. The van der Waals surface area contributed by atoms with Gasteiger partial charge in [-0.05, 0) is 32.4 Å². The number of hydrogen-bond acceptors (Lipinski definition) is 6. The first-order valence-electron chi connectivity index (χ1n) is 8.88. The number of anilines is 1. The lowest BCUT2D eigenvalue weighted by Gasteiger charge is -2.25. The Morgan fingerprint density at radius 2 is 2.04 bits per heavy atom. The van der Waals surface area contributed by atoms with E-state index in [9.17, 15) is 19.2 Å². The second-order valence-corrected chi connectivity index (χ2v) is 6.93. The van der Waals surface area contributed by atoms with Gasteiger partial charge < -0.3 is 21.2 Å². The highest BCUT2D eigenvalue weighted by Gasteiger charge is 2.46. The van der Waals surface area contributed by atoms with Crippen molar-refractivity contribution in [1.29, 1.82) is 0 Å². The van der Waals surface area contributed by atoms with Crippen LogP contribution in [0.5, 0.6) is 0 Å². The fraction of sp³-hybridized carbons (Fsp3) is 0.474. The van der Waals surface area contributed by atoms with Crippen LogP contribution in [0.4, 0.5) is 5.69 Å². The van der Waals surface area contributed by atoms with E-state index in [-0.39, 0.29) is 24.8 Å².